The maximum atomic E-state index is 13.2. The van der Waals surface area contributed by atoms with Gasteiger partial charge in [-0.05, 0) is 36.4 Å². The van der Waals surface area contributed by atoms with Crippen LogP contribution in [0.25, 0.3) is 0 Å². The van der Waals surface area contributed by atoms with Crippen LogP contribution in [0.3, 0.4) is 0 Å². The minimum atomic E-state index is -0.832. The van der Waals surface area contributed by atoms with Gasteiger partial charge < -0.3 is 25.2 Å². The van der Waals surface area contributed by atoms with Gasteiger partial charge in [0.05, 0.1) is 20.1 Å². The average Bonchev–Trinajstić information content (AvgIpc) is 2.87. The Morgan fingerprint density at radius 1 is 1.09 bits per heavy atom. The highest BCUT2D eigenvalue weighted by Crippen LogP contribution is 2.22. The quantitative estimate of drug-likeness (QED) is 0.603. The first-order valence-corrected chi connectivity index (χ1v) is 12.0. The molecule has 2 aromatic carbocycles. The summed E-state index contributed by atoms with van der Waals surface area (Å²) in [6, 6.07) is 13.8. The lowest BCUT2D eigenvalue weighted by molar-refractivity contribution is -0.145. The summed E-state index contributed by atoms with van der Waals surface area (Å²) in [7, 11) is 1.65. The van der Waals surface area contributed by atoms with Crippen molar-refractivity contribution in [2.24, 2.45) is 0 Å². The number of nitrogens with zero attached hydrogens (tertiary/aromatic N) is 3. The molecule has 0 saturated carbocycles. The van der Waals surface area contributed by atoms with Gasteiger partial charge in [-0.15, -0.1) is 0 Å². The van der Waals surface area contributed by atoms with Crippen molar-refractivity contribution >= 4 is 40.7 Å². The fourth-order valence-corrected chi connectivity index (χ4v) is 4.52. The van der Waals surface area contributed by atoms with E-state index in [1.54, 1.807) is 31.4 Å². The monoisotopic (exact) mass is 499 g/mol. The van der Waals surface area contributed by atoms with E-state index in [0.717, 1.165) is 37.6 Å². The number of carbonyl (C=O) groups is 3. The summed E-state index contributed by atoms with van der Waals surface area (Å²) >= 11 is 5.89. The van der Waals surface area contributed by atoms with Crippen LogP contribution in [0.15, 0.2) is 48.5 Å². The standard InChI is InChI=1S/C25H30ClN5O4/c1-35-21-4-2-3-20(15-21)30-13-11-29(12-14-30)17-24(33)31-10-9-27-25(34)22(31)16-23(32)28-19-7-5-18(26)6-8-19/h2-8,15,22H,9-14,16-17H2,1H3,(H,27,34)(H,28,32). The van der Waals surface area contributed by atoms with Crippen molar-refractivity contribution in [3.63, 3.8) is 0 Å². The summed E-state index contributed by atoms with van der Waals surface area (Å²) in [5, 5.41) is 6.10. The lowest BCUT2D eigenvalue weighted by atomic mass is 10.1. The van der Waals surface area contributed by atoms with E-state index in [0.29, 0.717) is 23.8 Å². The summed E-state index contributed by atoms with van der Waals surface area (Å²) in [5.74, 6) is 0.0337. The fraction of sp³-hybridized carbons (Fsp3) is 0.400. The zero-order chi connectivity index (χ0) is 24.8. The molecule has 2 fully saturated rings. The number of carbonyl (C=O) groups excluding carboxylic acids is 3. The van der Waals surface area contributed by atoms with Crippen molar-refractivity contribution in [3.05, 3.63) is 53.6 Å². The molecule has 0 aliphatic carbocycles. The van der Waals surface area contributed by atoms with Crippen LogP contribution in [0, 0.1) is 0 Å². The fourth-order valence-electron chi connectivity index (χ4n) is 4.39. The van der Waals surface area contributed by atoms with E-state index in [1.807, 2.05) is 18.2 Å². The number of hydrogen-bond donors (Lipinski definition) is 2. The van der Waals surface area contributed by atoms with Crippen LogP contribution in [0.2, 0.25) is 5.02 Å². The van der Waals surface area contributed by atoms with Crippen molar-refractivity contribution in [2.75, 3.05) is 63.1 Å². The number of rotatable bonds is 7. The van der Waals surface area contributed by atoms with Gasteiger partial charge in [0.25, 0.3) is 0 Å². The molecular formula is C25H30ClN5O4. The molecule has 4 rings (SSSR count). The number of ether oxygens (including phenoxy) is 1. The molecule has 2 aromatic rings. The summed E-state index contributed by atoms with van der Waals surface area (Å²) in [5.41, 5.74) is 1.68. The zero-order valence-electron chi connectivity index (χ0n) is 19.7. The Kier molecular flexibility index (Phi) is 8.09. The maximum Gasteiger partial charge on any atom is 0.243 e. The van der Waals surface area contributed by atoms with Crippen LogP contribution in [0.4, 0.5) is 11.4 Å². The molecule has 1 atom stereocenters. The molecule has 2 aliphatic heterocycles. The van der Waals surface area contributed by atoms with Crippen molar-refractivity contribution in [1.29, 1.82) is 0 Å². The second kappa shape index (κ2) is 11.4. The predicted octanol–water partition coefficient (Wildman–Crippen LogP) is 1.83. The molecule has 0 aromatic heterocycles. The lowest BCUT2D eigenvalue weighted by Gasteiger charge is -2.39. The topological polar surface area (TPSA) is 94.2 Å². The molecule has 2 heterocycles. The molecular weight excluding hydrogens is 470 g/mol. The minimum absolute atomic E-state index is 0.107. The van der Waals surface area contributed by atoms with Crippen LogP contribution in [0.1, 0.15) is 6.42 Å². The van der Waals surface area contributed by atoms with E-state index in [4.69, 9.17) is 16.3 Å². The Balaban J connectivity index is 1.32. The number of anilines is 2. The molecule has 0 radical (unpaired) electrons. The van der Waals surface area contributed by atoms with Crippen LogP contribution in [0.5, 0.6) is 5.75 Å². The van der Waals surface area contributed by atoms with E-state index in [-0.39, 0.29) is 30.7 Å². The SMILES string of the molecule is COc1cccc(N2CCN(CC(=O)N3CCNC(=O)C3CC(=O)Nc3ccc(Cl)cc3)CC2)c1. The third kappa shape index (κ3) is 6.43. The number of amides is 3. The van der Waals surface area contributed by atoms with Gasteiger partial charge in [0, 0.05) is 61.7 Å². The second-order valence-electron chi connectivity index (χ2n) is 8.62. The first-order chi connectivity index (χ1) is 16.9. The lowest BCUT2D eigenvalue weighted by Crippen LogP contribution is -2.60. The molecule has 10 heteroatoms. The van der Waals surface area contributed by atoms with Gasteiger partial charge >= 0.3 is 0 Å². The molecule has 35 heavy (non-hydrogen) atoms. The average molecular weight is 500 g/mol. The molecule has 186 valence electrons. The normalized spacial score (nSPS) is 18.7. The Morgan fingerprint density at radius 3 is 2.54 bits per heavy atom. The molecule has 0 bridgehead atoms. The van der Waals surface area contributed by atoms with Crippen molar-refractivity contribution in [2.45, 2.75) is 12.5 Å². The third-order valence-electron chi connectivity index (χ3n) is 6.31. The first-order valence-electron chi connectivity index (χ1n) is 11.7. The molecule has 2 saturated heterocycles. The largest absolute Gasteiger partial charge is 0.497 e. The van der Waals surface area contributed by atoms with Crippen LogP contribution >= 0.6 is 11.6 Å². The number of benzene rings is 2. The van der Waals surface area contributed by atoms with E-state index in [1.165, 1.54) is 4.90 Å². The second-order valence-corrected chi connectivity index (χ2v) is 9.05. The molecule has 3 amide bonds. The van der Waals surface area contributed by atoms with E-state index < -0.39 is 6.04 Å². The Labute approximate surface area is 210 Å². The zero-order valence-corrected chi connectivity index (χ0v) is 20.5. The van der Waals surface area contributed by atoms with E-state index >= 15 is 0 Å². The molecule has 1 unspecified atom stereocenters. The van der Waals surface area contributed by atoms with Gasteiger partial charge in [0.15, 0.2) is 0 Å². The highest BCUT2D eigenvalue weighted by atomic mass is 35.5. The number of hydrogen-bond acceptors (Lipinski definition) is 6. The molecule has 2 aliphatic rings. The summed E-state index contributed by atoms with van der Waals surface area (Å²) in [4.78, 5) is 44.2. The number of halogens is 1. The Hall–Kier alpha value is -3.30. The maximum absolute atomic E-state index is 13.2. The van der Waals surface area contributed by atoms with Gasteiger partial charge in [-0.1, -0.05) is 17.7 Å². The summed E-state index contributed by atoms with van der Waals surface area (Å²) < 4.78 is 5.32. The van der Waals surface area contributed by atoms with Gasteiger partial charge in [0.2, 0.25) is 17.7 Å². The summed E-state index contributed by atoms with van der Waals surface area (Å²) in [6.07, 6.45) is -0.107. The highest BCUT2D eigenvalue weighted by molar-refractivity contribution is 6.30. The predicted molar refractivity (Wildman–Crippen MR) is 135 cm³/mol. The van der Waals surface area contributed by atoms with Crippen molar-refractivity contribution in [3.8, 4) is 5.75 Å². The number of nitrogens with one attached hydrogen (secondary N) is 2. The van der Waals surface area contributed by atoms with E-state index in [9.17, 15) is 14.4 Å². The van der Waals surface area contributed by atoms with Gasteiger partial charge in [-0.2, -0.15) is 0 Å². The Morgan fingerprint density at radius 2 is 1.83 bits per heavy atom. The highest BCUT2D eigenvalue weighted by Gasteiger charge is 2.35. The van der Waals surface area contributed by atoms with E-state index in [2.05, 4.69) is 26.5 Å². The molecule has 2 N–H and O–H groups in total. The third-order valence-corrected chi connectivity index (χ3v) is 6.56. The minimum Gasteiger partial charge on any atom is -0.497 e. The van der Waals surface area contributed by atoms with Crippen LogP contribution in [-0.2, 0) is 14.4 Å². The number of piperazine rings is 2. The van der Waals surface area contributed by atoms with Crippen LogP contribution < -0.4 is 20.3 Å². The van der Waals surface area contributed by atoms with Crippen molar-refractivity contribution in [1.82, 2.24) is 15.1 Å². The van der Waals surface area contributed by atoms with Gasteiger partial charge in [0.1, 0.15) is 11.8 Å². The van der Waals surface area contributed by atoms with Gasteiger partial charge in [-0.3, -0.25) is 19.3 Å². The molecule has 0 spiro atoms. The van der Waals surface area contributed by atoms with Crippen LogP contribution in [-0.4, -0.2) is 86.5 Å². The molecule has 9 nitrogen and oxygen atoms in total. The van der Waals surface area contributed by atoms with Gasteiger partial charge in [-0.25, -0.2) is 0 Å². The summed E-state index contributed by atoms with van der Waals surface area (Å²) in [6.45, 7) is 4.00. The Bertz CT molecular complexity index is 1060. The first kappa shape index (κ1) is 24.8. The van der Waals surface area contributed by atoms with Crippen molar-refractivity contribution < 1.29 is 19.1 Å². The number of methoxy groups -OCH3 is 1. The smallest absolute Gasteiger partial charge is 0.243 e.